The van der Waals surface area contributed by atoms with Gasteiger partial charge < -0.3 is 20.1 Å². The fourth-order valence-electron chi connectivity index (χ4n) is 8.86. The molecule has 0 aromatic carbocycles. The van der Waals surface area contributed by atoms with Crippen LogP contribution in [-0.2, 0) is 9.53 Å². The molecule has 4 bridgehead atoms. The van der Waals surface area contributed by atoms with Gasteiger partial charge in [-0.2, -0.15) is 8.78 Å². The number of carbonyl (C=O) groups excluding carboxylic acids is 1. The summed E-state index contributed by atoms with van der Waals surface area (Å²) in [6, 6.07) is 3.76. The first-order valence-electron chi connectivity index (χ1n) is 14.2. The highest BCUT2D eigenvalue weighted by Crippen LogP contribution is 2.58. The highest BCUT2D eigenvalue weighted by Gasteiger charge is 2.60. The van der Waals surface area contributed by atoms with Crippen molar-refractivity contribution in [1.82, 2.24) is 10.3 Å². The van der Waals surface area contributed by atoms with Crippen molar-refractivity contribution >= 4 is 29.5 Å². The Hall–Kier alpha value is -1.94. The minimum absolute atomic E-state index is 0.0175. The summed E-state index contributed by atoms with van der Waals surface area (Å²) < 4.78 is 31.5. The third-order valence-electron chi connectivity index (χ3n) is 10.3. The molecule has 0 radical (unpaired) electrons. The van der Waals surface area contributed by atoms with Crippen LogP contribution in [0.5, 0.6) is 0 Å². The number of carboxylic acids is 1. The average Bonchev–Trinajstić information content (AvgIpc) is 3.17. The number of carbonyl (C=O) groups is 2. The van der Waals surface area contributed by atoms with Gasteiger partial charge in [0.25, 0.3) is 5.91 Å². The summed E-state index contributed by atoms with van der Waals surface area (Å²) in [5, 5.41) is 13.9. The summed E-state index contributed by atoms with van der Waals surface area (Å²) in [5.41, 5.74) is -0.139. The molecule has 2 heterocycles. The summed E-state index contributed by atoms with van der Waals surface area (Å²) in [5.74, 6) is 0.890. The number of ether oxygens (including phenoxy) is 1. The molecule has 6 saturated carbocycles. The molecule has 38 heavy (non-hydrogen) atoms. The van der Waals surface area contributed by atoms with E-state index in [9.17, 15) is 23.5 Å². The van der Waals surface area contributed by atoms with Gasteiger partial charge in [0.2, 0.25) is 0 Å². The van der Waals surface area contributed by atoms with E-state index >= 15 is 0 Å². The fourth-order valence-corrected chi connectivity index (χ4v) is 10.2. The lowest BCUT2D eigenvalue weighted by molar-refractivity contribution is -0.260. The molecule has 7 fully saturated rings. The highest BCUT2D eigenvalue weighted by atomic mass is 32.2. The van der Waals surface area contributed by atoms with Gasteiger partial charge in [0.05, 0.1) is 17.1 Å². The Morgan fingerprint density at radius 2 is 1.79 bits per heavy atom. The Balaban J connectivity index is 1.09. The number of halogens is 2. The Kier molecular flexibility index (Phi) is 6.15. The SMILES string of the molecule is O=C(NC1C2CC3C[C@@H]1CC(OC(F)F)(C3)C2)c1ccc(N2CC3C(C2)C3C(=O)O)nc1SC1CCCC1. The molecular formula is C28H35F2N3O4S. The molecule has 6 aliphatic carbocycles. The number of alkyl halides is 2. The minimum atomic E-state index is -2.75. The van der Waals surface area contributed by atoms with Crippen molar-refractivity contribution < 1.29 is 28.2 Å². The number of aromatic nitrogens is 1. The van der Waals surface area contributed by atoms with Crippen LogP contribution in [0.2, 0.25) is 0 Å². The van der Waals surface area contributed by atoms with Crippen molar-refractivity contribution in [2.24, 2.45) is 35.5 Å². The number of hydrogen-bond donors (Lipinski definition) is 2. The molecule has 8 rings (SSSR count). The normalized spacial score (nSPS) is 39.1. The Morgan fingerprint density at radius 3 is 2.42 bits per heavy atom. The quantitative estimate of drug-likeness (QED) is 0.483. The molecule has 1 aliphatic heterocycles. The van der Waals surface area contributed by atoms with Crippen LogP contribution in [-0.4, -0.2) is 58.6 Å². The van der Waals surface area contributed by atoms with Gasteiger partial charge in [-0.3, -0.25) is 9.59 Å². The van der Waals surface area contributed by atoms with Crippen LogP contribution in [0.15, 0.2) is 17.2 Å². The molecule has 10 heteroatoms. The third-order valence-corrected chi connectivity index (χ3v) is 11.7. The summed E-state index contributed by atoms with van der Waals surface area (Å²) in [4.78, 5) is 32.2. The summed E-state index contributed by atoms with van der Waals surface area (Å²) >= 11 is 1.70. The number of fused-ring (bicyclic) bond motifs is 1. The Labute approximate surface area is 225 Å². The van der Waals surface area contributed by atoms with Gasteiger partial charge in [0.15, 0.2) is 0 Å². The molecule has 0 spiro atoms. The second-order valence-corrected chi connectivity index (χ2v) is 14.0. The number of thioether (sulfide) groups is 1. The van der Waals surface area contributed by atoms with E-state index in [0.29, 0.717) is 49.1 Å². The third kappa shape index (κ3) is 4.39. The maximum Gasteiger partial charge on any atom is 0.345 e. The largest absolute Gasteiger partial charge is 0.481 e. The monoisotopic (exact) mass is 547 g/mol. The predicted molar refractivity (Wildman–Crippen MR) is 137 cm³/mol. The van der Waals surface area contributed by atoms with E-state index in [0.717, 1.165) is 36.5 Å². The van der Waals surface area contributed by atoms with E-state index in [1.165, 1.54) is 12.8 Å². The van der Waals surface area contributed by atoms with Crippen molar-refractivity contribution in [2.75, 3.05) is 18.0 Å². The van der Waals surface area contributed by atoms with Gasteiger partial charge in [-0.05, 0) is 86.7 Å². The lowest BCUT2D eigenvalue weighted by Crippen LogP contribution is -2.62. The Bertz CT molecular complexity index is 1100. The van der Waals surface area contributed by atoms with Crippen LogP contribution < -0.4 is 10.2 Å². The second kappa shape index (κ2) is 9.32. The topological polar surface area (TPSA) is 91.8 Å². The first-order chi connectivity index (χ1) is 18.3. The van der Waals surface area contributed by atoms with E-state index in [1.54, 1.807) is 11.8 Å². The number of carboxylic acid groups (broad SMARTS) is 1. The number of hydrogen-bond acceptors (Lipinski definition) is 6. The number of amides is 1. The molecule has 7 aliphatic rings. The predicted octanol–water partition coefficient (Wildman–Crippen LogP) is 4.80. The maximum absolute atomic E-state index is 13.7. The number of piperidine rings is 1. The summed E-state index contributed by atoms with van der Waals surface area (Å²) in [6.07, 6.45) is 8.44. The zero-order valence-electron chi connectivity index (χ0n) is 21.4. The van der Waals surface area contributed by atoms with Gasteiger partial charge in [-0.15, -0.1) is 11.8 Å². The van der Waals surface area contributed by atoms with Gasteiger partial charge >= 0.3 is 12.6 Å². The van der Waals surface area contributed by atoms with Crippen molar-refractivity contribution in [1.29, 1.82) is 0 Å². The van der Waals surface area contributed by atoms with Gasteiger partial charge in [0.1, 0.15) is 10.8 Å². The molecule has 1 amide bonds. The van der Waals surface area contributed by atoms with E-state index in [4.69, 9.17) is 9.72 Å². The molecule has 1 aromatic heterocycles. The van der Waals surface area contributed by atoms with Gasteiger partial charge in [-0.25, -0.2) is 4.98 Å². The van der Waals surface area contributed by atoms with Gasteiger partial charge in [-0.1, -0.05) is 12.8 Å². The van der Waals surface area contributed by atoms with E-state index < -0.39 is 18.2 Å². The van der Waals surface area contributed by atoms with E-state index in [1.807, 2.05) is 12.1 Å². The number of pyridine rings is 1. The van der Waals surface area contributed by atoms with Crippen LogP contribution in [0.4, 0.5) is 14.6 Å². The molecule has 1 saturated heterocycles. The highest BCUT2D eigenvalue weighted by molar-refractivity contribution is 7.99. The smallest absolute Gasteiger partial charge is 0.345 e. The summed E-state index contributed by atoms with van der Waals surface area (Å²) in [7, 11) is 0. The number of nitrogens with one attached hydrogen (secondary N) is 1. The van der Waals surface area contributed by atoms with Crippen molar-refractivity contribution in [3.63, 3.8) is 0 Å². The first kappa shape index (κ1) is 25.1. The van der Waals surface area contributed by atoms with Crippen LogP contribution in [0.3, 0.4) is 0 Å². The molecule has 1 aromatic rings. The zero-order chi connectivity index (χ0) is 26.2. The number of aliphatic carboxylic acids is 1. The summed E-state index contributed by atoms with van der Waals surface area (Å²) in [6.45, 7) is -1.36. The standard InChI is InChI=1S/C28H35F2N3O4S/c29-27(30)37-28-9-14-7-15(10-28)23(16(8-14)11-28)32-24(34)18-5-6-21(31-25(18)38-17-3-1-2-4-17)33-12-19-20(13-33)22(19)26(35)36/h5-6,14-17,19-20,22-23,27H,1-4,7-13H2,(H,32,34)(H,35,36)/t14?,15-,16?,19?,20?,22?,23?,28?/m1/s1. The number of nitrogens with zero attached hydrogens (tertiary/aromatic N) is 2. The first-order valence-corrected chi connectivity index (χ1v) is 15.1. The maximum atomic E-state index is 13.7. The molecule has 6 unspecified atom stereocenters. The average molecular weight is 548 g/mol. The van der Waals surface area contributed by atoms with Crippen LogP contribution in [0, 0.1) is 35.5 Å². The van der Waals surface area contributed by atoms with Crippen LogP contribution in [0.25, 0.3) is 0 Å². The zero-order valence-corrected chi connectivity index (χ0v) is 22.2. The number of anilines is 1. The van der Waals surface area contributed by atoms with E-state index in [2.05, 4.69) is 10.2 Å². The number of rotatable bonds is 8. The lowest BCUT2D eigenvalue weighted by atomic mass is 9.52. The Morgan fingerprint density at radius 1 is 1.11 bits per heavy atom. The van der Waals surface area contributed by atoms with Crippen LogP contribution >= 0.6 is 11.8 Å². The minimum Gasteiger partial charge on any atom is -0.481 e. The second-order valence-electron chi connectivity index (χ2n) is 12.7. The molecule has 206 valence electrons. The molecule has 2 N–H and O–H groups in total. The molecular weight excluding hydrogens is 512 g/mol. The van der Waals surface area contributed by atoms with Crippen molar-refractivity contribution in [3.8, 4) is 0 Å². The molecule has 7 atom stereocenters. The van der Waals surface area contributed by atoms with Crippen molar-refractivity contribution in [3.05, 3.63) is 17.7 Å². The van der Waals surface area contributed by atoms with Crippen LogP contribution in [0.1, 0.15) is 68.1 Å². The molecule has 7 nitrogen and oxygen atoms in total. The van der Waals surface area contributed by atoms with Crippen molar-refractivity contribution in [2.45, 2.75) is 86.3 Å². The fraction of sp³-hybridized carbons (Fsp3) is 0.750. The van der Waals surface area contributed by atoms with E-state index in [-0.39, 0.29) is 41.5 Å². The lowest BCUT2D eigenvalue weighted by Gasteiger charge is -2.59. The van der Waals surface area contributed by atoms with Gasteiger partial charge in [0, 0.05) is 24.4 Å².